The molecular formula is C20H29N. The van der Waals surface area contributed by atoms with Crippen LogP contribution in [0.15, 0.2) is 23.8 Å². The molecule has 21 heavy (non-hydrogen) atoms. The molecule has 1 heterocycles. The molecule has 1 aliphatic carbocycles. The summed E-state index contributed by atoms with van der Waals surface area (Å²) in [5, 5.41) is 0. The van der Waals surface area contributed by atoms with E-state index in [0.717, 1.165) is 23.6 Å². The first-order valence-electron chi connectivity index (χ1n) is 8.02. The molecule has 1 aliphatic rings. The van der Waals surface area contributed by atoms with Gasteiger partial charge in [-0.25, -0.2) is 0 Å². The molecule has 0 saturated heterocycles. The summed E-state index contributed by atoms with van der Waals surface area (Å²) in [7, 11) is 0. The van der Waals surface area contributed by atoms with Gasteiger partial charge in [0.25, 0.3) is 0 Å². The van der Waals surface area contributed by atoms with Crippen LogP contribution in [0.2, 0.25) is 0 Å². The highest BCUT2D eigenvalue weighted by Crippen LogP contribution is 2.37. The fraction of sp³-hybridized carbons (Fsp3) is 0.550. The minimum absolute atomic E-state index is 0.381. The first-order valence-corrected chi connectivity index (χ1v) is 8.02. The molecule has 0 N–H and O–H groups in total. The van der Waals surface area contributed by atoms with Gasteiger partial charge in [0.05, 0.1) is 0 Å². The molecule has 114 valence electrons. The van der Waals surface area contributed by atoms with Crippen molar-refractivity contribution in [1.82, 2.24) is 4.98 Å². The number of aryl methyl sites for hydroxylation is 2. The molecule has 0 bridgehead atoms. The Bertz CT molecular complexity index is 585. The van der Waals surface area contributed by atoms with E-state index in [2.05, 4.69) is 60.3 Å². The number of hydrogen-bond acceptors (Lipinski definition) is 1. The lowest BCUT2D eigenvalue weighted by Crippen LogP contribution is -2.27. The van der Waals surface area contributed by atoms with Gasteiger partial charge in [0, 0.05) is 11.4 Å². The molecule has 1 unspecified atom stereocenters. The number of fused-ring (bicyclic) bond motifs is 1. The van der Waals surface area contributed by atoms with E-state index in [-0.39, 0.29) is 0 Å². The first-order chi connectivity index (χ1) is 9.68. The van der Waals surface area contributed by atoms with Gasteiger partial charge in [-0.3, -0.25) is 4.98 Å². The Morgan fingerprint density at radius 1 is 1.33 bits per heavy atom. The Hall–Kier alpha value is -1.37. The van der Waals surface area contributed by atoms with Gasteiger partial charge in [0.2, 0.25) is 0 Å². The van der Waals surface area contributed by atoms with E-state index in [1.807, 2.05) is 0 Å². The minimum atomic E-state index is 0.381. The minimum Gasteiger partial charge on any atom is -0.257 e. The number of nitrogens with zero attached hydrogens (tertiary/aromatic N) is 1. The van der Waals surface area contributed by atoms with Crippen molar-refractivity contribution in [3.05, 3.63) is 46.3 Å². The van der Waals surface area contributed by atoms with Gasteiger partial charge in [0.15, 0.2) is 0 Å². The van der Waals surface area contributed by atoms with E-state index in [9.17, 15) is 0 Å². The summed E-state index contributed by atoms with van der Waals surface area (Å²) < 4.78 is 0. The fourth-order valence-corrected chi connectivity index (χ4v) is 3.03. The molecule has 1 nitrogen and oxygen atoms in total. The largest absolute Gasteiger partial charge is 0.257 e. The summed E-state index contributed by atoms with van der Waals surface area (Å²) in [5.41, 5.74) is 7.91. The summed E-state index contributed by atoms with van der Waals surface area (Å²) in [6.45, 7) is 17.4. The molecule has 0 aromatic carbocycles. The van der Waals surface area contributed by atoms with Gasteiger partial charge in [-0.15, -0.1) is 0 Å². The van der Waals surface area contributed by atoms with Crippen LogP contribution < -0.4 is 0 Å². The van der Waals surface area contributed by atoms with Crippen molar-refractivity contribution in [1.29, 1.82) is 0 Å². The van der Waals surface area contributed by atoms with E-state index >= 15 is 0 Å². The van der Waals surface area contributed by atoms with Crippen molar-refractivity contribution in [3.63, 3.8) is 0 Å². The third kappa shape index (κ3) is 3.64. The van der Waals surface area contributed by atoms with Gasteiger partial charge < -0.3 is 0 Å². The highest BCUT2D eigenvalue weighted by atomic mass is 14.7. The normalized spacial score (nSPS) is 19.3. The smallest absolute Gasteiger partial charge is 0.0448 e. The average molecular weight is 283 g/mol. The van der Waals surface area contributed by atoms with Crippen molar-refractivity contribution in [2.45, 2.75) is 60.8 Å². The SMILES string of the molecule is C=C(C)/C(C)=C/c1cc2c(nc1C)CCC(C(C)(C)C)C2. The van der Waals surface area contributed by atoms with Crippen LogP contribution in [0.3, 0.4) is 0 Å². The monoisotopic (exact) mass is 283 g/mol. The second-order valence-corrected chi connectivity index (χ2v) is 7.68. The summed E-state index contributed by atoms with van der Waals surface area (Å²) in [4.78, 5) is 4.87. The number of rotatable bonds is 2. The highest BCUT2D eigenvalue weighted by Gasteiger charge is 2.29. The standard InChI is InChI=1S/C20H29N/c1-13(2)14(3)10-16-11-17-12-18(20(5,6)7)8-9-19(17)21-15(16)4/h10-11,18H,1,8-9,12H2,2-7H3/b14-10+. The molecule has 0 amide bonds. The maximum Gasteiger partial charge on any atom is 0.0448 e. The summed E-state index contributed by atoms with van der Waals surface area (Å²) in [5.74, 6) is 0.758. The van der Waals surface area contributed by atoms with Crippen LogP contribution >= 0.6 is 0 Å². The average Bonchev–Trinajstić information content (AvgIpc) is 2.37. The Morgan fingerprint density at radius 3 is 2.57 bits per heavy atom. The lowest BCUT2D eigenvalue weighted by atomic mass is 9.71. The zero-order chi connectivity index (χ0) is 15.8. The lowest BCUT2D eigenvalue weighted by Gasteiger charge is -2.34. The van der Waals surface area contributed by atoms with Crippen molar-refractivity contribution >= 4 is 6.08 Å². The van der Waals surface area contributed by atoms with Crippen LogP contribution in [0.5, 0.6) is 0 Å². The van der Waals surface area contributed by atoms with Crippen molar-refractivity contribution in [3.8, 4) is 0 Å². The third-order valence-electron chi connectivity index (χ3n) is 4.89. The molecule has 0 aliphatic heterocycles. The summed E-state index contributed by atoms with van der Waals surface area (Å²) in [6.07, 6.45) is 5.79. The molecule has 1 atom stereocenters. The predicted molar refractivity (Wildman–Crippen MR) is 92.4 cm³/mol. The van der Waals surface area contributed by atoms with Crippen molar-refractivity contribution in [2.24, 2.45) is 11.3 Å². The van der Waals surface area contributed by atoms with Crippen LogP contribution in [0.1, 0.15) is 63.6 Å². The maximum atomic E-state index is 4.87. The number of aromatic nitrogens is 1. The predicted octanol–water partition coefficient (Wildman–Crippen LogP) is 5.52. The molecule has 2 rings (SSSR count). The van der Waals surface area contributed by atoms with Gasteiger partial charge >= 0.3 is 0 Å². The van der Waals surface area contributed by atoms with E-state index in [1.165, 1.54) is 35.2 Å². The second-order valence-electron chi connectivity index (χ2n) is 7.68. The summed E-state index contributed by atoms with van der Waals surface area (Å²) >= 11 is 0. The Labute approximate surface area is 130 Å². The number of allylic oxidation sites excluding steroid dienone is 2. The fourth-order valence-electron chi connectivity index (χ4n) is 3.03. The van der Waals surface area contributed by atoms with Crippen molar-refractivity contribution < 1.29 is 0 Å². The van der Waals surface area contributed by atoms with E-state index in [4.69, 9.17) is 4.98 Å². The third-order valence-corrected chi connectivity index (χ3v) is 4.89. The van der Waals surface area contributed by atoms with Gasteiger partial charge in [-0.05, 0) is 80.2 Å². The van der Waals surface area contributed by atoms with Crippen LogP contribution in [-0.4, -0.2) is 4.98 Å². The number of pyridine rings is 1. The molecule has 0 radical (unpaired) electrons. The summed E-state index contributed by atoms with van der Waals surface area (Å²) in [6, 6.07) is 2.36. The topological polar surface area (TPSA) is 12.9 Å². The molecule has 0 spiro atoms. The van der Waals surface area contributed by atoms with Crippen LogP contribution in [0, 0.1) is 18.3 Å². The Morgan fingerprint density at radius 2 is 2.00 bits per heavy atom. The molecular weight excluding hydrogens is 254 g/mol. The van der Waals surface area contributed by atoms with Crippen LogP contribution in [-0.2, 0) is 12.8 Å². The molecule has 1 aromatic heterocycles. The van der Waals surface area contributed by atoms with Crippen LogP contribution in [0.4, 0.5) is 0 Å². The quantitative estimate of drug-likeness (QED) is 0.651. The zero-order valence-corrected chi connectivity index (χ0v) is 14.5. The second kappa shape index (κ2) is 5.79. The Balaban J connectivity index is 2.37. The van der Waals surface area contributed by atoms with E-state index < -0.39 is 0 Å². The van der Waals surface area contributed by atoms with Gasteiger partial charge in [-0.2, -0.15) is 0 Å². The lowest BCUT2D eigenvalue weighted by molar-refractivity contribution is 0.215. The highest BCUT2D eigenvalue weighted by molar-refractivity contribution is 5.60. The Kier molecular flexibility index (Phi) is 4.41. The van der Waals surface area contributed by atoms with Crippen LogP contribution in [0.25, 0.3) is 6.08 Å². The molecule has 1 heteroatoms. The molecule has 0 fully saturated rings. The van der Waals surface area contributed by atoms with Gasteiger partial charge in [0.1, 0.15) is 0 Å². The van der Waals surface area contributed by atoms with E-state index in [0.29, 0.717) is 5.41 Å². The maximum absolute atomic E-state index is 4.87. The molecule has 0 saturated carbocycles. The van der Waals surface area contributed by atoms with Crippen molar-refractivity contribution in [2.75, 3.05) is 0 Å². The van der Waals surface area contributed by atoms with Gasteiger partial charge in [-0.1, -0.05) is 32.9 Å². The first kappa shape index (κ1) is 16.0. The zero-order valence-electron chi connectivity index (χ0n) is 14.5. The number of hydrogen-bond donors (Lipinski definition) is 0. The molecule has 1 aromatic rings. The van der Waals surface area contributed by atoms with E-state index in [1.54, 1.807) is 0 Å².